The molecule has 0 spiro atoms. The lowest BCUT2D eigenvalue weighted by molar-refractivity contribution is 0.174. The Morgan fingerprint density at radius 1 is 1.18 bits per heavy atom. The maximum Gasteiger partial charge on any atom is 0.231 e. The molecule has 92 valence electrons. The fourth-order valence-corrected chi connectivity index (χ4v) is 3.13. The van der Waals surface area contributed by atoms with Crippen molar-refractivity contribution < 1.29 is 9.47 Å². The fraction of sp³-hybridized carbons (Fsp3) is 0.600. The van der Waals surface area contributed by atoms with Crippen LogP contribution < -0.4 is 9.47 Å². The molecule has 2 nitrogen and oxygen atoms in total. The van der Waals surface area contributed by atoms with Gasteiger partial charge in [0.15, 0.2) is 11.5 Å². The third-order valence-corrected chi connectivity index (χ3v) is 4.20. The second-order valence-corrected chi connectivity index (χ2v) is 5.41. The van der Waals surface area contributed by atoms with Crippen molar-refractivity contribution in [3.8, 4) is 11.5 Å². The van der Waals surface area contributed by atoms with E-state index in [2.05, 4.69) is 19.1 Å². The lowest BCUT2D eigenvalue weighted by Gasteiger charge is -2.18. The molecular weight excluding hydrogens is 212 g/mol. The monoisotopic (exact) mass is 232 g/mol. The molecule has 0 aromatic heterocycles. The fourth-order valence-electron chi connectivity index (χ4n) is 3.13. The molecular formula is C15H20O2. The predicted octanol–water partition coefficient (Wildman–Crippen LogP) is 3.78. The van der Waals surface area contributed by atoms with Crippen LogP contribution in [0.15, 0.2) is 18.2 Å². The lowest BCUT2D eigenvalue weighted by atomic mass is 9.87. The van der Waals surface area contributed by atoms with Crippen molar-refractivity contribution in [1.82, 2.24) is 0 Å². The van der Waals surface area contributed by atoms with E-state index in [1.807, 2.05) is 6.07 Å². The van der Waals surface area contributed by atoms with Gasteiger partial charge in [-0.3, -0.25) is 0 Å². The summed E-state index contributed by atoms with van der Waals surface area (Å²) < 4.78 is 10.8. The molecule has 2 aliphatic rings. The molecule has 0 radical (unpaired) electrons. The van der Waals surface area contributed by atoms with Gasteiger partial charge in [0.05, 0.1) is 0 Å². The summed E-state index contributed by atoms with van der Waals surface area (Å²) in [5, 5.41) is 0. The molecule has 0 saturated heterocycles. The number of ether oxygens (including phenoxy) is 2. The lowest BCUT2D eigenvalue weighted by Crippen LogP contribution is -2.10. The summed E-state index contributed by atoms with van der Waals surface area (Å²) in [4.78, 5) is 0. The Labute approximate surface area is 103 Å². The molecule has 17 heavy (non-hydrogen) atoms. The zero-order valence-electron chi connectivity index (χ0n) is 10.4. The van der Waals surface area contributed by atoms with Gasteiger partial charge in [-0.25, -0.2) is 0 Å². The molecule has 0 amide bonds. The van der Waals surface area contributed by atoms with Crippen molar-refractivity contribution in [3.05, 3.63) is 23.8 Å². The topological polar surface area (TPSA) is 18.5 Å². The summed E-state index contributed by atoms with van der Waals surface area (Å²) in [5.74, 6) is 3.53. The van der Waals surface area contributed by atoms with Gasteiger partial charge < -0.3 is 9.47 Å². The first-order chi connectivity index (χ1) is 8.33. The van der Waals surface area contributed by atoms with Gasteiger partial charge in [-0.1, -0.05) is 38.7 Å². The molecule has 1 unspecified atom stereocenters. The van der Waals surface area contributed by atoms with Crippen molar-refractivity contribution in [1.29, 1.82) is 0 Å². The third-order valence-electron chi connectivity index (χ3n) is 4.20. The van der Waals surface area contributed by atoms with Crippen LogP contribution in [-0.2, 0) is 6.42 Å². The van der Waals surface area contributed by atoms with Crippen LogP contribution in [-0.4, -0.2) is 6.79 Å². The van der Waals surface area contributed by atoms with E-state index in [1.54, 1.807) is 0 Å². The van der Waals surface area contributed by atoms with E-state index in [4.69, 9.17) is 9.47 Å². The molecule has 3 rings (SSSR count). The van der Waals surface area contributed by atoms with Crippen LogP contribution in [0.3, 0.4) is 0 Å². The van der Waals surface area contributed by atoms with E-state index in [1.165, 1.54) is 37.7 Å². The van der Waals surface area contributed by atoms with Crippen LogP contribution in [0.25, 0.3) is 0 Å². The number of rotatable bonds is 3. The van der Waals surface area contributed by atoms with Crippen molar-refractivity contribution in [2.24, 2.45) is 11.8 Å². The van der Waals surface area contributed by atoms with Crippen molar-refractivity contribution in [2.45, 2.75) is 39.0 Å². The number of hydrogen-bond donors (Lipinski definition) is 0. The van der Waals surface area contributed by atoms with Gasteiger partial charge in [-0.2, -0.15) is 0 Å². The maximum absolute atomic E-state index is 5.42. The van der Waals surface area contributed by atoms with Gasteiger partial charge in [-0.15, -0.1) is 0 Å². The van der Waals surface area contributed by atoms with E-state index < -0.39 is 0 Å². The highest BCUT2D eigenvalue weighted by atomic mass is 16.7. The van der Waals surface area contributed by atoms with Crippen LogP contribution >= 0.6 is 0 Å². The molecule has 2 heteroatoms. The molecule has 1 heterocycles. The largest absolute Gasteiger partial charge is 0.454 e. The molecule has 1 aliphatic heterocycles. The Morgan fingerprint density at radius 2 is 1.94 bits per heavy atom. The Hall–Kier alpha value is -1.18. The molecule has 0 N–H and O–H groups in total. The summed E-state index contributed by atoms with van der Waals surface area (Å²) in [7, 11) is 0. The number of hydrogen-bond acceptors (Lipinski definition) is 2. The van der Waals surface area contributed by atoms with Crippen LogP contribution in [0.1, 0.15) is 38.2 Å². The maximum atomic E-state index is 5.42. The summed E-state index contributed by atoms with van der Waals surface area (Å²) in [6, 6.07) is 6.37. The molecule has 1 saturated carbocycles. The van der Waals surface area contributed by atoms with Gasteiger partial charge in [0.25, 0.3) is 0 Å². The highest BCUT2D eigenvalue weighted by molar-refractivity contribution is 5.44. The SMILES string of the molecule is CC(Cc1ccc2c(c1)OCO2)C1CCCC1. The first-order valence-corrected chi connectivity index (χ1v) is 6.71. The average Bonchev–Trinajstić information content (AvgIpc) is 2.99. The van der Waals surface area contributed by atoms with Crippen molar-refractivity contribution >= 4 is 0 Å². The molecule has 1 fully saturated rings. The minimum Gasteiger partial charge on any atom is -0.454 e. The smallest absolute Gasteiger partial charge is 0.231 e. The summed E-state index contributed by atoms with van der Waals surface area (Å²) in [5.41, 5.74) is 1.38. The first-order valence-electron chi connectivity index (χ1n) is 6.71. The summed E-state index contributed by atoms with van der Waals surface area (Å²) in [6.07, 6.45) is 6.87. The van der Waals surface area contributed by atoms with Crippen LogP contribution in [0, 0.1) is 11.8 Å². The normalized spacial score (nSPS) is 20.8. The highest BCUT2D eigenvalue weighted by Crippen LogP contribution is 2.36. The Bertz CT molecular complexity index is 394. The molecule has 0 bridgehead atoms. The molecule has 1 aromatic rings. The predicted molar refractivity (Wildman–Crippen MR) is 67.4 cm³/mol. The second kappa shape index (κ2) is 4.59. The van der Waals surface area contributed by atoms with Crippen LogP contribution in [0.2, 0.25) is 0 Å². The van der Waals surface area contributed by atoms with Gasteiger partial charge in [-0.05, 0) is 36.0 Å². The van der Waals surface area contributed by atoms with E-state index in [0.29, 0.717) is 6.79 Å². The van der Waals surface area contributed by atoms with Crippen molar-refractivity contribution in [3.63, 3.8) is 0 Å². The molecule has 1 aliphatic carbocycles. The van der Waals surface area contributed by atoms with E-state index >= 15 is 0 Å². The zero-order valence-corrected chi connectivity index (χ0v) is 10.4. The summed E-state index contributed by atoms with van der Waals surface area (Å²) in [6.45, 7) is 2.76. The van der Waals surface area contributed by atoms with Crippen LogP contribution in [0.5, 0.6) is 11.5 Å². The standard InChI is InChI=1S/C15H20O2/c1-11(13-4-2-3-5-13)8-12-6-7-14-15(9-12)17-10-16-14/h6-7,9,11,13H,2-5,8,10H2,1H3. The zero-order chi connectivity index (χ0) is 11.7. The Balaban J connectivity index is 1.68. The van der Waals surface area contributed by atoms with Gasteiger partial charge in [0.2, 0.25) is 6.79 Å². The van der Waals surface area contributed by atoms with Crippen molar-refractivity contribution in [2.75, 3.05) is 6.79 Å². The van der Waals surface area contributed by atoms with E-state index in [9.17, 15) is 0 Å². The quantitative estimate of drug-likeness (QED) is 0.789. The second-order valence-electron chi connectivity index (χ2n) is 5.41. The van der Waals surface area contributed by atoms with Gasteiger partial charge >= 0.3 is 0 Å². The van der Waals surface area contributed by atoms with Gasteiger partial charge in [0.1, 0.15) is 0 Å². The van der Waals surface area contributed by atoms with Gasteiger partial charge in [0, 0.05) is 0 Å². The number of fused-ring (bicyclic) bond motifs is 1. The van der Waals surface area contributed by atoms with Crippen LogP contribution in [0.4, 0.5) is 0 Å². The number of benzene rings is 1. The molecule has 1 atom stereocenters. The average molecular weight is 232 g/mol. The Morgan fingerprint density at radius 3 is 2.76 bits per heavy atom. The molecule has 1 aromatic carbocycles. The minimum atomic E-state index is 0.372. The highest BCUT2D eigenvalue weighted by Gasteiger charge is 2.22. The third kappa shape index (κ3) is 2.26. The minimum absolute atomic E-state index is 0.372. The Kier molecular flexibility index (Phi) is 2.96. The first kappa shape index (κ1) is 10.9. The van der Waals surface area contributed by atoms with E-state index in [0.717, 1.165) is 23.3 Å². The van der Waals surface area contributed by atoms with E-state index in [-0.39, 0.29) is 0 Å². The summed E-state index contributed by atoms with van der Waals surface area (Å²) >= 11 is 0.